The van der Waals surface area contributed by atoms with E-state index in [4.69, 9.17) is 0 Å². The lowest BCUT2D eigenvalue weighted by Crippen LogP contribution is -2.46. The van der Waals surface area contributed by atoms with E-state index in [2.05, 4.69) is 39.7 Å². The molecular formula is C14H26N6O2S2. The fourth-order valence-corrected chi connectivity index (χ4v) is 4.58. The van der Waals surface area contributed by atoms with Gasteiger partial charge in [-0.1, -0.05) is 25.2 Å². The Balaban J connectivity index is 1.84. The smallest absolute Gasteiger partial charge is 0.211 e. The molecule has 0 amide bonds. The number of guanidine groups is 1. The van der Waals surface area contributed by atoms with Crippen LogP contribution in [0.25, 0.3) is 0 Å². The first-order chi connectivity index (χ1) is 11.3. The van der Waals surface area contributed by atoms with E-state index in [-0.39, 0.29) is 6.04 Å². The van der Waals surface area contributed by atoms with Crippen LogP contribution in [0.15, 0.2) is 4.99 Å². The molecule has 0 aliphatic carbocycles. The van der Waals surface area contributed by atoms with E-state index in [1.165, 1.54) is 6.26 Å². The maximum Gasteiger partial charge on any atom is 0.211 e. The molecule has 1 fully saturated rings. The van der Waals surface area contributed by atoms with Gasteiger partial charge in [0, 0.05) is 32.1 Å². The molecule has 1 aromatic heterocycles. The van der Waals surface area contributed by atoms with Crippen LogP contribution >= 0.6 is 11.3 Å². The highest BCUT2D eigenvalue weighted by molar-refractivity contribution is 7.88. The molecule has 1 saturated heterocycles. The summed E-state index contributed by atoms with van der Waals surface area (Å²) in [6, 6.07) is -0.0207. The SMILES string of the molecule is CN=C(NCc1nnc(C(C)C)s1)NC[C@H]1CCCN1S(C)(=O)=O. The molecule has 0 saturated carbocycles. The van der Waals surface area contributed by atoms with Crippen LogP contribution < -0.4 is 10.6 Å². The second kappa shape index (κ2) is 8.21. The van der Waals surface area contributed by atoms with Crippen molar-refractivity contribution in [2.24, 2.45) is 4.99 Å². The summed E-state index contributed by atoms with van der Waals surface area (Å²) in [6.07, 6.45) is 3.03. The third-order valence-electron chi connectivity index (χ3n) is 3.86. The lowest BCUT2D eigenvalue weighted by molar-refractivity contribution is 0.387. The van der Waals surface area contributed by atoms with E-state index in [9.17, 15) is 8.42 Å². The molecule has 24 heavy (non-hydrogen) atoms. The van der Waals surface area contributed by atoms with Crippen LogP contribution in [0.1, 0.15) is 42.6 Å². The Morgan fingerprint density at radius 3 is 2.75 bits per heavy atom. The Labute approximate surface area is 147 Å². The molecule has 136 valence electrons. The molecule has 8 nitrogen and oxygen atoms in total. The van der Waals surface area contributed by atoms with Gasteiger partial charge in [-0.05, 0) is 12.8 Å². The summed E-state index contributed by atoms with van der Waals surface area (Å²) >= 11 is 1.59. The quantitative estimate of drug-likeness (QED) is 0.563. The predicted molar refractivity (Wildman–Crippen MR) is 96.8 cm³/mol. The number of nitrogens with one attached hydrogen (secondary N) is 2. The summed E-state index contributed by atoms with van der Waals surface area (Å²) in [7, 11) is -1.46. The van der Waals surface area contributed by atoms with Gasteiger partial charge < -0.3 is 10.6 Å². The normalized spacial score (nSPS) is 19.9. The number of sulfonamides is 1. The first-order valence-electron chi connectivity index (χ1n) is 8.05. The summed E-state index contributed by atoms with van der Waals surface area (Å²) in [4.78, 5) is 4.18. The Hall–Kier alpha value is -1.26. The summed E-state index contributed by atoms with van der Waals surface area (Å²) < 4.78 is 25.1. The van der Waals surface area contributed by atoms with Crippen molar-refractivity contribution in [3.63, 3.8) is 0 Å². The molecular weight excluding hydrogens is 348 g/mol. The van der Waals surface area contributed by atoms with Crippen LogP contribution in [-0.4, -0.2) is 61.3 Å². The van der Waals surface area contributed by atoms with E-state index in [0.29, 0.717) is 31.5 Å². The van der Waals surface area contributed by atoms with Gasteiger partial charge in [-0.15, -0.1) is 10.2 Å². The molecule has 1 atom stereocenters. The van der Waals surface area contributed by atoms with Crippen LogP contribution in [0, 0.1) is 0 Å². The van der Waals surface area contributed by atoms with Gasteiger partial charge in [-0.3, -0.25) is 4.99 Å². The van der Waals surface area contributed by atoms with Crippen LogP contribution in [0.3, 0.4) is 0 Å². The minimum atomic E-state index is -3.15. The molecule has 1 aromatic rings. The van der Waals surface area contributed by atoms with Gasteiger partial charge >= 0.3 is 0 Å². The van der Waals surface area contributed by atoms with Crippen molar-refractivity contribution in [1.29, 1.82) is 0 Å². The van der Waals surface area contributed by atoms with Gasteiger partial charge in [-0.2, -0.15) is 4.31 Å². The van der Waals surface area contributed by atoms with E-state index >= 15 is 0 Å². The maximum atomic E-state index is 11.8. The fourth-order valence-electron chi connectivity index (χ4n) is 2.62. The van der Waals surface area contributed by atoms with E-state index in [0.717, 1.165) is 22.9 Å². The molecule has 0 unspecified atom stereocenters. The highest BCUT2D eigenvalue weighted by Gasteiger charge is 2.31. The summed E-state index contributed by atoms with van der Waals surface area (Å²) in [5, 5.41) is 16.6. The molecule has 2 rings (SSSR count). The zero-order chi connectivity index (χ0) is 17.7. The zero-order valence-electron chi connectivity index (χ0n) is 14.6. The van der Waals surface area contributed by atoms with Gasteiger partial charge in [0.1, 0.15) is 10.0 Å². The molecule has 0 radical (unpaired) electrons. The minimum Gasteiger partial charge on any atom is -0.355 e. The lowest BCUT2D eigenvalue weighted by atomic mass is 10.2. The Kier molecular flexibility index (Phi) is 6.53. The zero-order valence-corrected chi connectivity index (χ0v) is 16.2. The third-order valence-corrected chi connectivity index (χ3v) is 6.42. The lowest BCUT2D eigenvalue weighted by Gasteiger charge is -2.23. The number of rotatable bonds is 6. The molecule has 0 spiro atoms. The standard InChI is InChI=1S/C14H26N6O2S2/c1-10(2)13-19-18-12(23-13)9-17-14(15-3)16-8-11-6-5-7-20(11)24(4,21)22/h10-11H,5-9H2,1-4H3,(H2,15,16,17)/t11-/m1/s1. The van der Waals surface area contributed by atoms with Crippen molar-refractivity contribution in [2.45, 2.75) is 45.2 Å². The van der Waals surface area contributed by atoms with Crippen LogP contribution in [0.5, 0.6) is 0 Å². The largest absolute Gasteiger partial charge is 0.355 e. The van der Waals surface area contributed by atoms with Gasteiger partial charge in [0.2, 0.25) is 10.0 Å². The number of nitrogens with zero attached hydrogens (tertiary/aromatic N) is 4. The Morgan fingerprint density at radius 1 is 1.42 bits per heavy atom. The molecule has 1 aliphatic rings. The molecule has 2 heterocycles. The molecule has 2 N–H and O–H groups in total. The summed E-state index contributed by atoms with van der Waals surface area (Å²) in [5.74, 6) is 1.01. The van der Waals surface area contributed by atoms with E-state index in [1.807, 2.05) is 0 Å². The van der Waals surface area contributed by atoms with Crippen molar-refractivity contribution in [2.75, 3.05) is 26.4 Å². The summed E-state index contributed by atoms with van der Waals surface area (Å²) in [5.41, 5.74) is 0. The fraction of sp³-hybridized carbons (Fsp3) is 0.786. The first kappa shape index (κ1) is 19.1. The van der Waals surface area contributed by atoms with Gasteiger partial charge in [-0.25, -0.2) is 8.42 Å². The molecule has 10 heteroatoms. The third kappa shape index (κ3) is 5.12. The second-order valence-electron chi connectivity index (χ2n) is 6.17. The summed E-state index contributed by atoms with van der Waals surface area (Å²) in [6.45, 7) is 5.87. The van der Waals surface area contributed by atoms with Crippen LogP contribution in [-0.2, 0) is 16.6 Å². The molecule has 1 aliphatic heterocycles. The van der Waals surface area contributed by atoms with Gasteiger partial charge in [0.25, 0.3) is 0 Å². The van der Waals surface area contributed by atoms with Crippen molar-refractivity contribution < 1.29 is 8.42 Å². The van der Waals surface area contributed by atoms with Crippen molar-refractivity contribution in [3.8, 4) is 0 Å². The highest BCUT2D eigenvalue weighted by Crippen LogP contribution is 2.20. The van der Waals surface area contributed by atoms with E-state index < -0.39 is 10.0 Å². The van der Waals surface area contributed by atoms with Gasteiger partial charge in [0.15, 0.2) is 5.96 Å². The van der Waals surface area contributed by atoms with Crippen molar-refractivity contribution in [3.05, 3.63) is 10.0 Å². The number of aliphatic imine (C=N–C) groups is 1. The minimum absolute atomic E-state index is 0.0207. The van der Waals surface area contributed by atoms with Gasteiger partial charge in [0.05, 0.1) is 12.8 Å². The molecule has 0 bridgehead atoms. The number of hydrogen-bond donors (Lipinski definition) is 2. The van der Waals surface area contributed by atoms with Crippen molar-refractivity contribution >= 4 is 27.3 Å². The Bertz CT molecular complexity index is 671. The van der Waals surface area contributed by atoms with Crippen LogP contribution in [0.4, 0.5) is 0 Å². The van der Waals surface area contributed by atoms with Crippen LogP contribution in [0.2, 0.25) is 0 Å². The average Bonchev–Trinajstić information content (AvgIpc) is 3.15. The number of hydrogen-bond acceptors (Lipinski definition) is 6. The Morgan fingerprint density at radius 2 is 2.17 bits per heavy atom. The number of aromatic nitrogens is 2. The second-order valence-corrected chi connectivity index (χ2v) is 9.19. The average molecular weight is 375 g/mol. The molecule has 0 aromatic carbocycles. The monoisotopic (exact) mass is 374 g/mol. The highest BCUT2D eigenvalue weighted by atomic mass is 32.2. The topological polar surface area (TPSA) is 99.6 Å². The van der Waals surface area contributed by atoms with E-state index in [1.54, 1.807) is 22.7 Å². The van der Waals surface area contributed by atoms with Crippen molar-refractivity contribution in [1.82, 2.24) is 25.1 Å². The maximum absolute atomic E-state index is 11.8. The first-order valence-corrected chi connectivity index (χ1v) is 10.7. The predicted octanol–water partition coefficient (Wildman–Crippen LogP) is 0.751.